The molecule has 0 aliphatic carbocycles. The molecule has 0 atom stereocenters. The highest BCUT2D eigenvalue weighted by atomic mass is 32.2. The molecule has 0 bridgehead atoms. The molecule has 35 heavy (non-hydrogen) atoms. The Morgan fingerprint density at radius 3 is 2.46 bits per heavy atom. The van der Waals surface area contributed by atoms with E-state index in [1.807, 2.05) is 36.6 Å². The Morgan fingerprint density at radius 1 is 1.03 bits per heavy atom. The van der Waals surface area contributed by atoms with E-state index in [9.17, 15) is 13.2 Å². The quantitative estimate of drug-likeness (QED) is 0.400. The summed E-state index contributed by atoms with van der Waals surface area (Å²) in [6, 6.07) is 11.9. The molecule has 0 saturated carbocycles. The number of fused-ring (bicyclic) bond motifs is 1. The van der Waals surface area contributed by atoms with E-state index >= 15 is 0 Å². The molecular formula is C25H31N3O5S2. The van der Waals surface area contributed by atoms with Crippen LogP contribution >= 0.6 is 11.3 Å². The molecule has 3 aromatic rings. The van der Waals surface area contributed by atoms with E-state index in [1.54, 1.807) is 0 Å². The Labute approximate surface area is 209 Å². The number of hydrogen-bond acceptors (Lipinski definition) is 6. The molecule has 188 valence electrons. The zero-order valence-electron chi connectivity index (χ0n) is 20.1. The summed E-state index contributed by atoms with van der Waals surface area (Å²) in [5, 5.41) is 0. The van der Waals surface area contributed by atoms with Crippen LogP contribution in [0.4, 0.5) is 0 Å². The average molecular weight is 518 g/mol. The minimum absolute atomic E-state index is 0.200. The number of sulfonamides is 1. The molecule has 2 aromatic carbocycles. The predicted molar refractivity (Wildman–Crippen MR) is 136 cm³/mol. The molecule has 0 spiro atoms. The van der Waals surface area contributed by atoms with E-state index in [0.29, 0.717) is 49.8 Å². The lowest BCUT2D eigenvalue weighted by atomic mass is 10.2. The van der Waals surface area contributed by atoms with E-state index in [4.69, 9.17) is 9.47 Å². The third-order valence-corrected chi connectivity index (χ3v) is 8.83. The molecule has 0 radical (unpaired) electrons. The Hall–Kier alpha value is -2.53. The average Bonchev–Trinajstić information content (AvgIpc) is 3.22. The lowest BCUT2D eigenvalue weighted by Gasteiger charge is -2.25. The van der Waals surface area contributed by atoms with Gasteiger partial charge in [-0.25, -0.2) is 8.42 Å². The summed E-state index contributed by atoms with van der Waals surface area (Å²) in [4.78, 5) is 18.2. The summed E-state index contributed by atoms with van der Waals surface area (Å²) < 4.78 is 41.6. The van der Waals surface area contributed by atoms with E-state index in [1.165, 1.54) is 39.9 Å². The second kappa shape index (κ2) is 11.5. The van der Waals surface area contributed by atoms with E-state index < -0.39 is 15.9 Å². The van der Waals surface area contributed by atoms with E-state index in [-0.39, 0.29) is 4.90 Å². The number of amides is 1. The van der Waals surface area contributed by atoms with Crippen LogP contribution in [0.3, 0.4) is 0 Å². The number of rotatable bonds is 9. The number of carbonyl (C=O) groups excluding carboxylic acids is 1. The molecule has 10 heteroatoms. The lowest BCUT2D eigenvalue weighted by molar-refractivity contribution is 0.0996. The van der Waals surface area contributed by atoms with E-state index in [0.717, 1.165) is 35.2 Å². The van der Waals surface area contributed by atoms with Crippen molar-refractivity contribution < 1.29 is 22.7 Å². The van der Waals surface area contributed by atoms with Crippen molar-refractivity contribution in [2.24, 2.45) is 4.99 Å². The standard InChI is InChI=1S/C25H31N3O5S2/c1-3-32-18-17-28-23-21(33-4-2)9-8-10-22(23)34-25(28)26-24(29)19-11-13-20(14-12-19)35(30,31)27-15-6-5-7-16-27/h8-14H,3-7,15-18H2,1-2H3. The summed E-state index contributed by atoms with van der Waals surface area (Å²) in [5.41, 5.74) is 1.22. The van der Waals surface area contributed by atoms with Crippen molar-refractivity contribution in [1.29, 1.82) is 0 Å². The van der Waals surface area contributed by atoms with Gasteiger partial charge >= 0.3 is 0 Å². The van der Waals surface area contributed by atoms with Gasteiger partial charge < -0.3 is 14.0 Å². The molecule has 0 unspecified atom stereocenters. The Balaban J connectivity index is 1.66. The first kappa shape index (κ1) is 25.6. The maximum atomic E-state index is 13.1. The highest BCUT2D eigenvalue weighted by Gasteiger charge is 2.26. The zero-order chi connectivity index (χ0) is 24.8. The number of thiazole rings is 1. The van der Waals surface area contributed by atoms with Gasteiger partial charge in [0.2, 0.25) is 10.0 Å². The molecular weight excluding hydrogens is 486 g/mol. The van der Waals surface area contributed by atoms with Gasteiger partial charge in [-0.2, -0.15) is 9.30 Å². The number of piperidine rings is 1. The van der Waals surface area contributed by atoms with Gasteiger partial charge in [-0.15, -0.1) is 0 Å². The van der Waals surface area contributed by atoms with Crippen LogP contribution in [0.15, 0.2) is 52.4 Å². The molecule has 1 aromatic heterocycles. The highest BCUT2D eigenvalue weighted by molar-refractivity contribution is 7.89. The fraction of sp³-hybridized carbons (Fsp3) is 0.440. The van der Waals surface area contributed by atoms with Crippen molar-refractivity contribution in [2.45, 2.75) is 44.6 Å². The maximum Gasteiger partial charge on any atom is 0.279 e. The summed E-state index contributed by atoms with van der Waals surface area (Å²) in [5.74, 6) is 0.306. The minimum atomic E-state index is -3.55. The van der Waals surface area contributed by atoms with Crippen molar-refractivity contribution in [2.75, 3.05) is 32.9 Å². The van der Waals surface area contributed by atoms with Crippen LogP contribution in [0.25, 0.3) is 10.2 Å². The van der Waals surface area contributed by atoms with Gasteiger partial charge in [0, 0.05) is 31.8 Å². The predicted octanol–water partition coefficient (Wildman–Crippen LogP) is 4.05. The van der Waals surface area contributed by atoms with Crippen LogP contribution in [0.1, 0.15) is 43.5 Å². The summed E-state index contributed by atoms with van der Waals surface area (Å²) >= 11 is 1.41. The number of aromatic nitrogens is 1. The van der Waals surface area contributed by atoms with Crippen LogP contribution in [0.2, 0.25) is 0 Å². The number of ether oxygens (including phenoxy) is 2. The Kier molecular flexibility index (Phi) is 8.38. The van der Waals surface area contributed by atoms with Crippen LogP contribution in [0, 0.1) is 0 Å². The molecule has 1 saturated heterocycles. The second-order valence-corrected chi connectivity index (χ2v) is 11.1. The first-order valence-electron chi connectivity index (χ1n) is 12.0. The van der Waals surface area contributed by atoms with Crippen LogP contribution < -0.4 is 9.54 Å². The van der Waals surface area contributed by atoms with Gasteiger partial charge in [-0.1, -0.05) is 23.8 Å². The SMILES string of the molecule is CCOCCn1c(=NC(=O)c2ccc(S(=O)(=O)N3CCCCC3)cc2)sc2cccc(OCC)c21. The third kappa shape index (κ3) is 5.66. The van der Waals surface area contributed by atoms with Gasteiger partial charge in [-0.05, 0) is 63.1 Å². The van der Waals surface area contributed by atoms with Gasteiger partial charge in [-0.3, -0.25) is 4.79 Å². The first-order chi connectivity index (χ1) is 17.0. The second-order valence-electron chi connectivity index (χ2n) is 8.18. The van der Waals surface area contributed by atoms with Crippen LogP contribution in [-0.4, -0.2) is 56.1 Å². The monoisotopic (exact) mass is 517 g/mol. The van der Waals surface area contributed by atoms with Crippen LogP contribution in [0.5, 0.6) is 5.75 Å². The van der Waals surface area contributed by atoms with Crippen molar-refractivity contribution in [3.05, 3.63) is 52.8 Å². The van der Waals surface area contributed by atoms with E-state index in [2.05, 4.69) is 4.99 Å². The normalized spacial score (nSPS) is 15.5. The van der Waals surface area contributed by atoms with Gasteiger partial charge in [0.1, 0.15) is 11.3 Å². The number of hydrogen-bond donors (Lipinski definition) is 0. The summed E-state index contributed by atoms with van der Waals surface area (Å²) in [7, 11) is -3.55. The van der Waals surface area contributed by atoms with Crippen molar-refractivity contribution >= 4 is 37.5 Å². The number of para-hydroxylation sites is 1. The number of benzene rings is 2. The lowest BCUT2D eigenvalue weighted by Crippen LogP contribution is -2.35. The van der Waals surface area contributed by atoms with Gasteiger partial charge in [0.15, 0.2) is 4.80 Å². The first-order valence-corrected chi connectivity index (χ1v) is 14.2. The molecule has 1 aliphatic rings. The van der Waals surface area contributed by atoms with Crippen molar-refractivity contribution in [1.82, 2.24) is 8.87 Å². The zero-order valence-corrected chi connectivity index (χ0v) is 21.7. The largest absolute Gasteiger partial charge is 0.492 e. The molecule has 1 amide bonds. The van der Waals surface area contributed by atoms with Gasteiger partial charge in [0.25, 0.3) is 5.91 Å². The maximum absolute atomic E-state index is 13.1. The fourth-order valence-corrected chi connectivity index (χ4v) is 6.73. The molecule has 1 fully saturated rings. The molecule has 1 aliphatic heterocycles. The minimum Gasteiger partial charge on any atom is -0.492 e. The Morgan fingerprint density at radius 2 is 1.77 bits per heavy atom. The molecule has 2 heterocycles. The smallest absolute Gasteiger partial charge is 0.279 e. The highest BCUT2D eigenvalue weighted by Crippen LogP contribution is 2.28. The molecule has 4 rings (SSSR count). The van der Waals surface area contributed by atoms with Crippen molar-refractivity contribution in [3.63, 3.8) is 0 Å². The van der Waals surface area contributed by atoms with Crippen LogP contribution in [-0.2, 0) is 21.3 Å². The topological polar surface area (TPSA) is 90.2 Å². The fourth-order valence-electron chi connectivity index (χ4n) is 4.14. The molecule has 0 N–H and O–H groups in total. The third-order valence-electron chi connectivity index (χ3n) is 5.88. The summed E-state index contributed by atoms with van der Waals surface area (Å²) in [6.45, 7) is 7.07. The summed E-state index contributed by atoms with van der Waals surface area (Å²) in [6.07, 6.45) is 2.80. The van der Waals surface area contributed by atoms with Crippen molar-refractivity contribution in [3.8, 4) is 5.75 Å². The number of carbonyl (C=O) groups is 1. The molecule has 8 nitrogen and oxygen atoms in total. The van der Waals surface area contributed by atoms with Gasteiger partial charge in [0.05, 0.1) is 22.8 Å². The Bertz CT molecular complexity index is 1340. The number of nitrogens with zero attached hydrogens (tertiary/aromatic N) is 3.